The summed E-state index contributed by atoms with van der Waals surface area (Å²) in [5.74, 6) is -0.266. The standard InChI is InChI=1S/C16H22FN3O3.2ClH/c17-13-1-2-14(15(11-13)20(21)22)16(12-3-9-23-10-4-12)19-7-5-18-6-8-19;;/h1-2,11-12,16,18H,3-10H2;2*1H/t16-;;/m0../s1. The molecule has 1 N–H and O–H groups in total. The van der Waals surface area contributed by atoms with Gasteiger partial charge in [-0.1, -0.05) is 0 Å². The van der Waals surface area contributed by atoms with E-state index >= 15 is 0 Å². The summed E-state index contributed by atoms with van der Waals surface area (Å²) in [6, 6.07) is 3.91. The number of nitro benzene ring substituents is 1. The molecular formula is C16H24Cl2FN3O3. The third kappa shape index (κ3) is 5.24. The number of nitro groups is 1. The van der Waals surface area contributed by atoms with E-state index in [2.05, 4.69) is 10.2 Å². The van der Waals surface area contributed by atoms with Crippen molar-refractivity contribution >= 4 is 30.5 Å². The van der Waals surface area contributed by atoms with Crippen LogP contribution < -0.4 is 5.32 Å². The van der Waals surface area contributed by atoms with Crippen LogP contribution >= 0.6 is 24.8 Å². The number of piperazine rings is 1. The van der Waals surface area contributed by atoms with Crippen molar-refractivity contribution < 1.29 is 14.1 Å². The van der Waals surface area contributed by atoms with Crippen LogP contribution in [-0.4, -0.2) is 49.2 Å². The monoisotopic (exact) mass is 395 g/mol. The van der Waals surface area contributed by atoms with Gasteiger partial charge in [0.1, 0.15) is 5.82 Å². The molecule has 3 rings (SSSR count). The van der Waals surface area contributed by atoms with Gasteiger partial charge in [-0.2, -0.15) is 0 Å². The number of nitrogens with one attached hydrogen (secondary N) is 1. The highest BCUT2D eigenvalue weighted by atomic mass is 35.5. The number of benzene rings is 1. The Kier molecular flexibility index (Phi) is 9.02. The molecule has 0 amide bonds. The van der Waals surface area contributed by atoms with Crippen molar-refractivity contribution in [3.8, 4) is 0 Å². The molecule has 6 nitrogen and oxygen atoms in total. The maximum absolute atomic E-state index is 13.5. The predicted octanol–water partition coefficient (Wildman–Crippen LogP) is 2.95. The van der Waals surface area contributed by atoms with Gasteiger partial charge in [0.15, 0.2) is 0 Å². The Morgan fingerprint density at radius 3 is 2.48 bits per heavy atom. The maximum Gasteiger partial charge on any atom is 0.277 e. The van der Waals surface area contributed by atoms with E-state index in [1.54, 1.807) is 6.07 Å². The fourth-order valence-electron chi connectivity index (χ4n) is 3.67. The summed E-state index contributed by atoms with van der Waals surface area (Å²) in [7, 11) is 0. The van der Waals surface area contributed by atoms with Crippen LogP contribution in [-0.2, 0) is 4.74 Å². The van der Waals surface area contributed by atoms with Gasteiger partial charge in [0, 0.05) is 51.0 Å². The molecule has 9 heteroatoms. The Hall–Kier alpha value is -0.990. The predicted molar refractivity (Wildman–Crippen MR) is 98.3 cm³/mol. The van der Waals surface area contributed by atoms with Crippen LogP contribution in [0.3, 0.4) is 0 Å². The van der Waals surface area contributed by atoms with Gasteiger partial charge in [0.25, 0.3) is 5.69 Å². The van der Waals surface area contributed by atoms with Crippen LogP contribution in [0, 0.1) is 21.8 Å². The molecule has 0 bridgehead atoms. The molecule has 1 atom stereocenters. The highest BCUT2D eigenvalue weighted by Gasteiger charge is 2.35. The van der Waals surface area contributed by atoms with Crippen LogP contribution in [0.25, 0.3) is 0 Å². The third-order valence-electron chi connectivity index (χ3n) is 4.77. The molecule has 2 saturated heterocycles. The first kappa shape index (κ1) is 22.1. The lowest BCUT2D eigenvalue weighted by molar-refractivity contribution is -0.386. The van der Waals surface area contributed by atoms with Crippen molar-refractivity contribution in [3.63, 3.8) is 0 Å². The summed E-state index contributed by atoms with van der Waals surface area (Å²) in [4.78, 5) is 13.3. The molecule has 0 aromatic heterocycles. The fourth-order valence-corrected chi connectivity index (χ4v) is 3.67. The molecule has 1 aromatic rings. The van der Waals surface area contributed by atoms with Crippen molar-refractivity contribution in [1.82, 2.24) is 10.2 Å². The molecule has 142 valence electrons. The number of hydrogen-bond donors (Lipinski definition) is 1. The minimum Gasteiger partial charge on any atom is -0.381 e. The molecule has 2 aliphatic rings. The molecule has 0 saturated carbocycles. The minimum absolute atomic E-state index is 0. The summed E-state index contributed by atoms with van der Waals surface area (Å²) in [5, 5.41) is 14.7. The Labute approximate surface area is 159 Å². The first-order valence-electron chi connectivity index (χ1n) is 8.13. The Bertz CT molecular complexity index is 550. The van der Waals surface area contributed by atoms with Gasteiger partial charge in [0.2, 0.25) is 0 Å². The first-order chi connectivity index (χ1) is 11.2. The second-order valence-corrected chi connectivity index (χ2v) is 6.14. The number of hydrogen-bond acceptors (Lipinski definition) is 5. The van der Waals surface area contributed by atoms with Crippen molar-refractivity contribution in [2.45, 2.75) is 18.9 Å². The molecule has 25 heavy (non-hydrogen) atoms. The largest absolute Gasteiger partial charge is 0.381 e. The molecule has 2 heterocycles. The zero-order chi connectivity index (χ0) is 16.2. The van der Waals surface area contributed by atoms with E-state index in [1.165, 1.54) is 6.07 Å². The van der Waals surface area contributed by atoms with E-state index in [0.29, 0.717) is 24.7 Å². The number of ether oxygens (including phenoxy) is 1. The minimum atomic E-state index is -0.563. The van der Waals surface area contributed by atoms with Gasteiger partial charge in [0.05, 0.1) is 11.0 Å². The Morgan fingerprint density at radius 2 is 1.88 bits per heavy atom. The summed E-state index contributed by atoms with van der Waals surface area (Å²) < 4.78 is 19.0. The van der Waals surface area contributed by atoms with Crippen LogP contribution in [0.4, 0.5) is 10.1 Å². The molecule has 0 unspecified atom stereocenters. The van der Waals surface area contributed by atoms with Crippen molar-refractivity contribution in [2.75, 3.05) is 39.4 Å². The zero-order valence-electron chi connectivity index (χ0n) is 13.9. The van der Waals surface area contributed by atoms with Crippen molar-refractivity contribution in [1.29, 1.82) is 0 Å². The summed E-state index contributed by atoms with van der Waals surface area (Å²) in [6.45, 7) is 4.79. The lowest BCUT2D eigenvalue weighted by Gasteiger charge is -2.40. The summed E-state index contributed by atoms with van der Waals surface area (Å²) in [5.41, 5.74) is 0.519. The lowest BCUT2D eigenvalue weighted by Crippen LogP contribution is -2.47. The van der Waals surface area contributed by atoms with Gasteiger partial charge in [-0.05, 0) is 30.9 Å². The summed E-state index contributed by atoms with van der Waals surface area (Å²) >= 11 is 0. The molecule has 0 radical (unpaired) electrons. The van der Waals surface area contributed by atoms with E-state index in [-0.39, 0.29) is 36.5 Å². The number of nitrogens with zero attached hydrogens (tertiary/aromatic N) is 2. The normalized spacial score (nSPS) is 20.2. The van der Waals surface area contributed by atoms with Crippen LogP contribution in [0.5, 0.6) is 0 Å². The molecule has 1 aromatic carbocycles. The fraction of sp³-hybridized carbons (Fsp3) is 0.625. The highest BCUT2D eigenvalue weighted by molar-refractivity contribution is 5.85. The molecule has 0 spiro atoms. The van der Waals surface area contributed by atoms with E-state index in [0.717, 1.165) is 45.1 Å². The highest BCUT2D eigenvalue weighted by Crippen LogP contribution is 2.39. The molecule has 2 fully saturated rings. The average molecular weight is 396 g/mol. The maximum atomic E-state index is 13.5. The van der Waals surface area contributed by atoms with E-state index < -0.39 is 10.7 Å². The quantitative estimate of drug-likeness (QED) is 0.626. The third-order valence-corrected chi connectivity index (χ3v) is 4.77. The topological polar surface area (TPSA) is 67.6 Å². The molecular weight excluding hydrogens is 372 g/mol. The molecule has 2 aliphatic heterocycles. The second-order valence-electron chi connectivity index (χ2n) is 6.14. The van der Waals surface area contributed by atoms with Crippen molar-refractivity contribution in [2.24, 2.45) is 5.92 Å². The van der Waals surface area contributed by atoms with E-state index in [1.807, 2.05) is 0 Å². The first-order valence-corrected chi connectivity index (χ1v) is 8.13. The summed E-state index contributed by atoms with van der Waals surface area (Å²) in [6.07, 6.45) is 1.76. The van der Waals surface area contributed by atoms with Crippen LogP contribution in [0.2, 0.25) is 0 Å². The Morgan fingerprint density at radius 1 is 1.24 bits per heavy atom. The lowest BCUT2D eigenvalue weighted by atomic mass is 9.85. The average Bonchev–Trinajstić information content (AvgIpc) is 2.58. The van der Waals surface area contributed by atoms with E-state index in [9.17, 15) is 14.5 Å². The van der Waals surface area contributed by atoms with Crippen LogP contribution in [0.1, 0.15) is 24.4 Å². The Balaban J connectivity index is 0.00000156. The SMILES string of the molecule is Cl.Cl.O=[N+]([O-])c1cc(F)ccc1[C@H](C1CCOCC1)N1CCNCC1. The zero-order valence-corrected chi connectivity index (χ0v) is 15.5. The second kappa shape index (κ2) is 10.2. The van der Waals surface area contributed by atoms with Crippen molar-refractivity contribution in [3.05, 3.63) is 39.7 Å². The van der Waals surface area contributed by atoms with Gasteiger partial charge < -0.3 is 10.1 Å². The van der Waals surface area contributed by atoms with Gasteiger partial charge in [-0.25, -0.2) is 4.39 Å². The van der Waals surface area contributed by atoms with E-state index in [4.69, 9.17) is 4.74 Å². The smallest absolute Gasteiger partial charge is 0.277 e. The van der Waals surface area contributed by atoms with Crippen LogP contribution in [0.15, 0.2) is 18.2 Å². The molecule has 0 aliphatic carbocycles. The van der Waals surface area contributed by atoms with Gasteiger partial charge >= 0.3 is 0 Å². The van der Waals surface area contributed by atoms with Gasteiger partial charge in [-0.15, -0.1) is 24.8 Å². The van der Waals surface area contributed by atoms with Gasteiger partial charge in [-0.3, -0.25) is 15.0 Å². The number of rotatable bonds is 4. The number of halogens is 3.